The SMILES string of the molecule is O=C1CC(CN2CCN(c3cccc(F)c3)C(=O)C2=O)CN1Cc1ccccc1. The van der Waals surface area contributed by atoms with Gasteiger partial charge in [0.2, 0.25) is 5.91 Å². The number of hydrogen-bond acceptors (Lipinski definition) is 3. The minimum absolute atomic E-state index is 0.00341. The van der Waals surface area contributed by atoms with Crippen molar-refractivity contribution in [3.8, 4) is 0 Å². The van der Waals surface area contributed by atoms with E-state index in [-0.39, 0.29) is 11.8 Å². The fourth-order valence-corrected chi connectivity index (χ4v) is 3.98. The Morgan fingerprint density at radius 2 is 1.69 bits per heavy atom. The summed E-state index contributed by atoms with van der Waals surface area (Å²) in [6.07, 6.45) is 0.373. The van der Waals surface area contributed by atoms with E-state index in [1.54, 1.807) is 11.0 Å². The summed E-state index contributed by atoms with van der Waals surface area (Å²) >= 11 is 0. The van der Waals surface area contributed by atoms with Crippen molar-refractivity contribution in [2.24, 2.45) is 5.92 Å². The molecule has 150 valence electrons. The van der Waals surface area contributed by atoms with E-state index < -0.39 is 17.6 Å². The van der Waals surface area contributed by atoms with Gasteiger partial charge in [-0.1, -0.05) is 36.4 Å². The van der Waals surface area contributed by atoms with Crippen LogP contribution < -0.4 is 4.90 Å². The lowest BCUT2D eigenvalue weighted by atomic mass is 10.1. The Morgan fingerprint density at radius 3 is 2.45 bits per heavy atom. The molecule has 2 aliphatic heterocycles. The van der Waals surface area contributed by atoms with Gasteiger partial charge in [0.25, 0.3) is 0 Å². The van der Waals surface area contributed by atoms with Crippen molar-refractivity contribution in [3.05, 3.63) is 66.0 Å². The second-order valence-electron chi connectivity index (χ2n) is 7.52. The summed E-state index contributed by atoms with van der Waals surface area (Å²) in [7, 11) is 0. The zero-order chi connectivity index (χ0) is 20.4. The van der Waals surface area contributed by atoms with Crippen LogP contribution in [0.3, 0.4) is 0 Å². The summed E-state index contributed by atoms with van der Waals surface area (Å²) in [6, 6.07) is 15.4. The van der Waals surface area contributed by atoms with E-state index >= 15 is 0 Å². The first-order valence-electron chi connectivity index (χ1n) is 9.69. The number of nitrogens with zero attached hydrogens (tertiary/aromatic N) is 3. The molecule has 4 rings (SSSR count). The van der Waals surface area contributed by atoms with Crippen molar-refractivity contribution in [1.29, 1.82) is 0 Å². The van der Waals surface area contributed by atoms with E-state index in [2.05, 4.69) is 0 Å². The van der Waals surface area contributed by atoms with E-state index in [9.17, 15) is 18.8 Å². The molecule has 0 aliphatic carbocycles. The van der Waals surface area contributed by atoms with Crippen LogP contribution in [0.1, 0.15) is 12.0 Å². The van der Waals surface area contributed by atoms with Gasteiger partial charge in [-0.2, -0.15) is 0 Å². The first kappa shape index (κ1) is 19.1. The third-order valence-corrected chi connectivity index (χ3v) is 5.42. The van der Waals surface area contributed by atoms with Crippen LogP contribution in [0.5, 0.6) is 0 Å². The number of rotatable bonds is 5. The number of likely N-dealkylation sites (tertiary alicyclic amines) is 1. The molecule has 6 nitrogen and oxygen atoms in total. The highest BCUT2D eigenvalue weighted by atomic mass is 19.1. The van der Waals surface area contributed by atoms with E-state index in [0.29, 0.717) is 44.8 Å². The average Bonchev–Trinajstić information content (AvgIpc) is 3.05. The van der Waals surface area contributed by atoms with Crippen molar-refractivity contribution >= 4 is 23.4 Å². The molecule has 2 fully saturated rings. The van der Waals surface area contributed by atoms with Crippen LogP contribution in [0.25, 0.3) is 0 Å². The highest BCUT2D eigenvalue weighted by Crippen LogP contribution is 2.24. The molecule has 3 amide bonds. The lowest BCUT2D eigenvalue weighted by molar-refractivity contribution is -0.146. The second-order valence-corrected chi connectivity index (χ2v) is 7.52. The molecule has 29 heavy (non-hydrogen) atoms. The summed E-state index contributed by atoms with van der Waals surface area (Å²) in [5.41, 5.74) is 1.45. The largest absolute Gasteiger partial charge is 0.338 e. The molecule has 0 N–H and O–H groups in total. The van der Waals surface area contributed by atoms with Crippen LogP contribution in [0.4, 0.5) is 10.1 Å². The number of carbonyl (C=O) groups is 3. The molecule has 2 aromatic carbocycles. The summed E-state index contributed by atoms with van der Waals surface area (Å²) in [5, 5.41) is 0. The monoisotopic (exact) mass is 395 g/mol. The molecule has 2 heterocycles. The van der Waals surface area contributed by atoms with Crippen molar-refractivity contribution in [2.45, 2.75) is 13.0 Å². The van der Waals surface area contributed by atoms with Crippen molar-refractivity contribution in [1.82, 2.24) is 9.80 Å². The van der Waals surface area contributed by atoms with Crippen LogP contribution in [0, 0.1) is 11.7 Å². The molecule has 0 saturated carbocycles. The highest BCUT2D eigenvalue weighted by Gasteiger charge is 2.37. The smallest absolute Gasteiger partial charge is 0.316 e. The number of anilines is 1. The van der Waals surface area contributed by atoms with E-state index in [4.69, 9.17) is 0 Å². The predicted molar refractivity (Wildman–Crippen MR) is 105 cm³/mol. The highest BCUT2D eigenvalue weighted by molar-refractivity contribution is 6.41. The molecule has 0 spiro atoms. The summed E-state index contributed by atoms with van der Waals surface area (Å²) in [5.74, 6) is -1.64. The first-order valence-corrected chi connectivity index (χ1v) is 9.69. The molecule has 1 atom stereocenters. The number of hydrogen-bond donors (Lipinski definition) is 0. The van der Waals surface area contributed by atoms with Gasteiger partial charge >= 0.3 is 11.8 Å². The average molecular weight is 395 g/mol. The Labute approximate surface area is 168 Å². The molecule has 2 aromatic rings. The lowest BCUT2D eigenvalue weighted by Gasteiger charge is -2.35. The normalized spacial score (nSPS) is 20.0. The van der Waals surface area contributed by atoms with Crippen LogP contribution in [-0.4, -0.2) is 53.7 Å². The van der Waals surface area contributed by atoms with Gasteiger partial charge in [-0.05, 0) is 23.8 Å². The first-order chi connectivity index (χ1) is 14.0. The maximum Gasteiger partial charge on any atom is 0.316 e. The molecule has 0 aromatic heterocycles. The zero-order valence-corrected chi connectivity index (χ0v) is 16.0. The van der Waals surface area contributed by atoms with E-state index in [1.807, 2.05) is 30.3 Å². The summed E-state index contributed by atoms with van der Waals surface area (Å²) in [4.78, 5) is 42.1. The quantitative estimate of drug-likeness (QED) is 0.728. The summed E-state index contributed by atoms with van der Waals surface area (Å²) < 4.78 is 13.5. The van der Waals surface area contributed by atoms with Gasteiger partial charge in [0.15, 0.2) is 0 Å². The van der Waals surface area contributed by atoms with Gasteiger partial charge < -0.3 is 14.7 Å². The number of amides is 3. The van der Waals surface area contributed by atoms with Crippen molar-refractivity contribution in [3.63, 3.8) is 0 Å². The minimum Gasteiger partial charge on any atom is -0.338 e. The van der Waals surface area contributed by atoms with Gasteiger partial charge in [0, 0.05) is 50.7 Å². The third kappa shape index (κ3) is 4.13. The van der Waals surface area contributed by atoms with Crippen LogP contribution in [0.2, 0.25) is 0 Å². The molecule has 0 bridgehead atoms. The second kappa shape index (κ2) is 8.03. The standard InChI is InChI=1S/C22H22FN3O3/c23-18-7-4-8-19(12-18)26-10-9-24(21(28)22(26)29)14-17-11-20(27)25(15-17)13-16-5-2-1-3-6-16/h1-8,12,17H,9-11,13-15H2. The molecular weight excluding hydrogens is 373 g/mol. The molecule has 1 unspecified atom stereocenters. The number of benzene rings is 2. The van der Waals surface area contributed by atoms with Crippen LogP contribution >= 0.6 is 0 Å². The van der Waals surface area contributed by atoms with Gasteiger partial charge in [0.05, 0.1) is 0 Å². The van der Waals surface area contributed by atoms with Crippen molar-refractivity contribution < 1.29 is 18.8 Å². The molecule has 2 aliphatic rings. The lowest BCUT2D eigenvalue weighted by Crippen LogP contribution is -2.55. The van der Waals surface area contributed by atoms with E-state index in [0.717, 1.165) is 5.56 Å². The van der Waals surface area contributed by atoms with Gasteiger partial charge in [-0.3, -0.25) is 14.4 Å². The summed E-state index contributed by atoms with van der Waals surface area (Å²) in [6.45, 7) is 2.17. The minimum atomic E-state index is -0.660. The number of halogens is 1. The third-order valence-electron chi connectivity index (χ3n) is 5.42. The van der Waals surface area contributed by atoms with Gasteiger partial charge in [0.1, 0.15) is 5.82 Å². The fraction of sp³-hybridized carbons (Fsp3) is 0.318. The van der Waals surface area contributed by atoms with E-state index in [1.165, 1.54) is 28.0 Å². The topological polar surface area (TPSA) is 60.9 Å². The van der Waals surface area contributed by atoms with Crippen LogP contribution in [-0.2, 0) is 20.9 Å². The molecule has 7 heteroatoms. The Hall–Kier alpha value is -3.22. The molecular formula is C22H22FN3O3. The van der Waals surface area contributed by atoms with Crippen molar-refractivity contribution in [2.75, 3.05) is 31.1 Å². The zero-order valence-electron chi connectivity index (χ0n) is 16.0. The molecule has 0 radical (unpaired) electrons. The number of carbonyl (C=O) groups excluding carboxylic acids is 3. The van der Waals surface area contributed by atoms with Crippen LogP contribution in [0.15, 0.2) is 54.6 Å². The Balaban J connectivity index is 1.36. The van der Waals surface area contributed by atoms with Gasteiger partial charge in [-0.15, -0.1) is 0 Å². The van der Waals surface area contributed by atoms with Gasteiger partial charge in [-0.25, -0.2) is 4.39 Å². The maximum absolute atomic E-state index is 13.5. The fourth-order valence-electron chi connectivity index (χ4n) is 3.98. The Kier molecular flexibility index (Phi) is 5.29. The molecule has 2 saturated heterocycles. The Morgan fingerprint density at radius 1 is 0.897 bits per heavy atom. The Bertz CT molecular complexity index is 934. The maximum atomic E-state index is 13.5. The number of piperazine rings is 1. The predicted octanol–water partition coefficient (Wildman–Crippen LogP) is 2.05.